The molecular formula is C13H17NO2. The monoisotopic (exact) mass is 219 g/mol. The van der Waals surface area contributed by atoms with Crippen LogP contribution in [0.2, 0.25) is 0 Å². The second-order valence-corrected chi connectivity index (χ2v) is 4.69. The number of carbonyl (C=O) groups excluding carboxylic acids is 1. The van der Waals surface area contributed by atoms with Gasteiger partial charge in [-0.1, -0.05) is 26.8 Å². The third kappa shape index (κ3) is 2.94. The van der Waals surface area contributed by atoms with Crippen molar-refractivity contribution in [3.8, 4) is 5.75 Å². The van der Waals surface area contributed by atoms with Crippen LogP contribution in [0, 0.1) is 0 Å². The van der Waals surface area contributed by atoms with Crippen molar-refractivity contribution in [2.45, 2.75) is 32.7 Å². The molecule has 86 valence electrons. The molecular weight excluding hydrogens is 202 g/mol. The molecule has 1 rings (SSSR count). The Bertz CT molecular complexity index is 412. The fourth-order valence-corrected chi connectivity index (χ4v) is 1.56. The molecule has 0 bridgehead atoms. The molecule has 0 aliphatic carbocycles. The van der Waals surface area contributed by atoms with Gasteiger partial charge in [-0.25, -0.2) is 9.79 Å². The molecule has 0 spiro atoms. The summed E-state index contributed by atoms with van der Waals surface area (Å²) in [6.07, 6.45) is 1.55. The van der Waals surface area contributed by atoms with E-state index in [4.69, 9.17) is 4.74 Å². The average molecular weight is 219 g/mol. The number of hydrogen-bond donors (Lipinski definition) is 0. The lowest BCUT2D eigenvalue weighted by molar-refractivity contribution is 0.397. The summed E-state index contributed by atoms with van der Waals surface area (Å²) < 4.78 is 5.32. The number of methoxy groups -OCH3 is 1. The van der Waals surface area contributed by atoms with E-state index in [-0.39, 0.29) is 5.41 Å². The molecule has 0 unspecified atom stereocenters. The van der Waals surface area contributed by atoms with Crippen molar-refractivity contribution in [1.29, 1.82) is 0 Å². The zero-order valence-corrected chi connectivity index (χ0v) is 10.2. The summed E-state index contributed by atoms with van der Waals surface area (Å²) in [4.78, 5) is 13.6. The number of aliphatic imine (C=N–C) groups is 1. The van der Waals surface area contributed by atoms with Gasteiger partial charge < -0.3 is 4.74 Å². The highest BCUT2D eigenvalue weighted by Crippen LogP contribution is 2.32. The van der Waals surface area contributed by atoms with Gasteiger partial charge in [0.1, 0.15) is 5.75 Å². The van der Waals surface area contributed by atoms with Crippen molar-refractivity contribution >= 4 is 6.08 Å². The summed E-state index contributed by atoms with van der Waals surface area (Å²) in [6.45, 7) is 6.74. The molecule has 0 heterocycles. The highest BCUT2D eigenvalue weighted by atomic mass is 16.5. The molecule has 1 aromatic carbocycles. The Morgan fingerprint density at radius 1 is 1.38 bits per heavy atom. The van der Waals surface area contributed by atoms with Gasteiger partial charge in [-0.2, -0.15) is 0 Å². The third-order valence-corrected chi connectivity index (χ3v) is 2.40. The van der Waals surface area contributed by atoms with Crippen molar-refractivity contribution in [3.05, 3.63) is 29.3 Å². The molecule has 1 aromatic rings. The summed E-state index contributed by atoms with van der Waals surface area (Å²) in [5.74, 6) is 0.867. The van der Waals surface area contributed by atoms with E-state index in [9.17, 15) is 4.79 Å². The highest BCUT2D eigenvalue weighted by molar-refractivity contribution is 5.42. The zero-order valence-electron chi connectivity index (χ0n) is 10.2. The fourth-order valence-electron chi connectivity index (χ4n) is 1.56. The first-order chi connectivity index (χ1) is 7.49. The fraction of sp³-hybridized carbons (Fsp3) is 0.462. The van der Waals surface area contributed by atoms with E-state index >= 15 is 0 Å². The Hall–Kier alpha value is -1.60. The maximum absolute atomic E-state index is 10.1. The minimum absolute atomic E-state index is 0.00620. The summed E-state index contributed by atoms with van der Waals surface area (Å²) in [7, 11) is 1.66. The minimum Gasteiger partial charge on any atom is -0.496 e. The van der Waals surface area contributed by atoms with E-state index in [0.29, 0.717) is 6.54 Å². The largest absolute Gasteiger partial charge is 0.496 e. The van der Waals surface area contributed by atoms with Gasteiger partial charge in [0, 0.05) is 0 Å². The predicted molar refractivity (Wildman–Crippen MR) is 63.5 cm³/mol. The molecule has 0 aliphatic heterocycles. The van der Waals surface area contributed by atoms with Crippen LogP contribution in [0.15, 0.2) is 23.2 Å². The van der Waals surface area contributed by atoms with Crippen LogP contribution in [0.3, 0.4) is 0 Å². The van der Waals surface area contributed by atoms with Crippen LogP contribution in [-0.2, 0) is 16.8 Å². The lowest BCUT2D eigenvalue weighted by Gasteiger charge is -2.22. The van der Waals surface area contributed by atoms with Crippen molar-refractivity contribution in [1.82, 2.24) is 0 Å². The maximum atomic E-state index is 10.1. The van der Waals surface area contributed by atoms with Crippen LogP contribution in [-0.4, -0.2) is 13.2 Å². The van der Waals surface area contributed by atoms with E-state index in [0.717, 1.165) is 16.9 Å². The topological polar surface area (TPSA) is 38.7 Å². The van der Waals surface area contributed by atoms with Crippen LogP contribution in [0.25, 0.3) is 0 Å². The van der Waals surface area contributed by atoms with Crippen molar-refractivity contribution < 1.29 is 9.53 Å². The van der Waals surface area contributed by atoms with Crippen molar-refractivity contribution in [3.63, 3.8) is 0 Å². The Labute approximate surface area is 96.2 Å². The van der Waals surface area contributed by atoms with Crippen LogP contribution in [0.5, 0.6) is 5.75 Å². The van der Waals surface area contributed by atoms with Crippen LogP contribution >= 0.6 is 0 Å². The Balaban J connectivity index is 3.16. The quantitative estimate of drug-likeness (QED) is 0.579. The molecule has 0 saturated heterocycles. The van der Waals surface area contributed by atoms with Gasteiger partial charge in [0.15, 0.2) is 0 Å². The van der Waals surface area contributed by atoms with Gasteiger partial charge in [-0.05, 0) is 28.7 Å². The number of benzene rings is 1. The van der Waals surface area contributed by atoms with E-state index < -0.39 is 0 Å². The first-order valence-electron chi connectivity index (χ1n) is 5.20. The molecule has 0 radical (unpaired) electrons. The number of nitrogens with zero attached hydrogens (tertiary/aromatic N) is 1. The average Bonchev–Trinajstić information content (AvgIpc) is 2.24. The lowest BCUT2D eigenvalue weighted by atomic mass is 9.85. The standard InChI is InChI=1S/C13H17NO2/c1-13(2,3)11-7-10(8-14-9-15)5-6-12(11)16-4/h5-7H,8H2,1-4H3. The summed E-state index contributed by atoms with van der Waals surface area (Å²) in [5.41, 5.74) is 2.12. The number of ether oxygens (including phenoxy) is 1. The van der Waals surface area contributed by atoms with Crippen LogP contribution in [0.4, 0.5) is 0 Å². The second-order valence-electron chi connectivity index (χ2n) is 4.69. The normalized spacial score (nSPS) is 10.8. The van der Waals surface area contributed by atoms with Gasteiger partial charge >= 0.3 is 0 Å². The van der Waals surface area contributed by atoms with E-state index in [1.165, 1.54) is 0 Å². The smallest absolute Gasteiger partial charge is 0.235 e. The van der Waals surface area contributed by atoms with Gasteiger partial charge in [-0.15, -0.1) is 0 Å². The Morgan fingerprint density at radius 2 is 2.06 bits per heavy atom. The summed E-state index contributed by atoms with van der Waals surface area (Å²) in [6, 6.07) is 5.85. The van der Waals surface area contributed by atoms with Crippen LogP contribution < -0.4 is 4.74 Å². The number of hydrogen-bond acceptors (Lipinski definition) is 3. The second kappa shape index (κ2) is 4.95. The predicted octanol–water partition coefficient (Wildman–Crippen LogP) is 2.83. The first kappa shape index (κ1) is 12.5. The Morgan fingerprint density at radius 3 is 2.56 bits per heavy atom. The molecule has 0 fully saturated rings. The van der Waals surface area contributed by atoms with E-state index in [2.05, 4.69) is 25.8 Å². The molecule has 0 saturated carbocycles. The highest BCUT2D eigenvalue weighted by Gasteiger charge is 2.18. The van der Waals surface area contributed by atoms with E-state index in [1.807, 2.05) is 18.2 Å². The molecule has 3 nitrogen and oxygen atoms in total. The Kier molecular flexibility index (Phi) is 3.86. The van der Waals surface area contributed by atoms with Crippen molar-refractivity contribution in [2.24, 2.45) is 4.99 Å². The lowest BCUT2D eigenvalue weighted by Crippen LogP contribution is -2.13. The van der Waals surface area contributed by atoms with Crippen molar-refractivity contribution in [2.75, 3.05) is 7.11 Å². The van der Waals surface area contributed by atoms with Gasteiger partial charge in [0.05, 0.1) is 13.7 Å². The summed E-state index contributed by atoms with van der Waals surface area (Å²) >= 11 is 0. The maximum Gasteiger partial charge on any atom is 0.235 e. The van der Waals surface area contributed by atoms with Gasteiger partial charge in [-0.3, -0.25) is 0 Å². The minimum atomic E-state index is 0.00620. The first-order valence-corrected chi connectivity index (χ1v) is 5.20. The van der Waals surface area contributed by atoms with Gasteiger partial charge in [0.2, 0.25) is 6.08 Å². The molecule has 0 amide bonds. The number of isocyanates is 1. The molecule has 16 heavy (non-hydrogen) atoms. The molecule has 0 aliphatic rings. The third-order valence-electron chi connectivity index (χ3n) is 2.40. The molecule has 0 aromatic heterocycles. The SMILES string of the molecule is COc1ccc(CN=C=O)cc1C(C)(C)C. The molecule has 0 atom stereocenters. The van der Waals surface area contributed by atoms with Crippen LogP contribution in [0.1, 0.15) is 31.9 Å². The number of rotatable bonds is 3. The van der Waals surface area contributed by atoms with Gasteiger partial charge in [0.25, 0.3) is 0 Å². The molecule has 3 heteroatoms. The summed E-state index contributed by atoms with van der Waals surface area (Å²) in [5, 5.41) is 0. The zero-order chi connectivity index (χ0) is 12.2. The van der Waals surface area contributed by atoms with E-state index in [1.54, 1.807) is 13.2 Å². The molecule has 0 N–H and O–H groups in total.